The van der Waals surface area contributed by atoms with Crippen LogP contribution in [0.15, 0.2) is 0 Å². The Hall–Kier alpha value is -1.94. The lowest BCUT2D eigenvalue weighted by atomic mass is 10.0. The minimum Gasteiger partial charge on any atom is -0.462 e. The van der Waals surface area contributed by atoms with Gasteiger partial charge >= 0.3 is 39.5 Å². The average Bonchev–Trinajstić information content (AvgIpc) is 3.55. The summed E-state index contributed by atoms with van der Waals surface area (Å²) in [4.78, 5) is 72.2. The Balaban J connectivity index is 5.19. The zero-order valence-corrected chi connectivity index (χ0v) is 56.7. The van der Waals surface area contributed by atoms with Crippen molar-refractivity contribution in [3.63, 3.8) is 0 Å². The molecule has 504 valence electrons. The van der Waals surface area contributed by atoms with Crippen molar-refractivity contribution in [2.24, 2.45) is 11.8 Å². The van der Waals surface area contributed by atoms with Gasteiger partial charge < -0.3 is 33.8 Å². The summed E-state index contributed by atoms with van der Waals surface area (Å²) < 4.78 is 68.0. The number of carbonyl (C=O) groups is 4. The van der Waals surface area contributed by atoms with Crippen molar-refractivity contribution in [3.8, 4) is 0 Å². The molecule has 2 unspecified atom stereocenters. The third-order valence-corrected chi connectivity index (χ3v) is 17.1. The van der Waals surface area contributed by atoms with Crippen LogP contribution >= 0.6 is 15.6 Å². The minimum atomic E-state index is -4.95. The number of phosphoric acid groups is 2. The molecule has 17 nitrogen and oxygen atoms in total. The molecule has 0 aromatic rings. The zero-order chi connectivity index (χ0) is 62.9. The van der Waals surface area contributed by atoms with Crippen LogP contribution in [0, 0.1) is 11.8 Å². The lowest BCUT2D eigenvalue weighted by Gasteiger charge is -2.21. The number of aliphatic hydroxyl groups is 1. The highest BCUT2D eigenvalue weighted by Gasteiger charge is 2.30. The molecule has 0 radical (unpaired) electrons. The third kappa shape index (κ3) is 60.7. The van der Waals surface area contributed by atoms with Gasteiger partial charge in [-0.05, 0) is 37.5 Å². The Labute approximate surface area is 517 Å². The van der Waals surface area contributed by atoms with E-state index >= 15 is 0 Å². The predicted molar refractivity (Wildman–Crippen MR) is 340 cm³/mol. The first-order valence-electron chi connectivity index (χ1n) is 34.5. The number of phosphoric ester groups is 2. The summed E-state index contributed by atoms with van der Waals surface area (Å²) in [5, 5.41) is 10.5. The molecular formula is C66H128O17P2. The third-order valence-electron chi connectivity index (χ3n) is 15.2. The summed E-state index contributed by atoms with van der Waals surface area (Å²) in [6.07, 6.45) is 42.0. The van der Waals surface area contributed by atoms with Gasteiger partial charge in [-0.1, -0.05) is 279 Å². The van der Waals surface area contributed by atoms with Gasteiger partial charge in [0.1, 0.15) is 19.3 Å². The molecular weight excluding hydrogens is 1130 g/mol. The Bertz CT molecular complexity index is 1670. The first-order valence-corrected chi connectivity index (χ1v) is 37.5. The summed E-state index contributed by atoms with van der Waals surface area (Å²) in [5.41, 5.74) is 0. The van der Waals surface area contributed by atoms with Crippen LogP contribution < -0.4 is 0 Å². The van der Waals surface area contributed by atoms with Gasteiger partial charge in [0.2, 0.25) is 0 Å². The van der Waals surface area contributed by atoms with Crippen molar-refractivity contribution in [2.45, 2.75) is 349 Å². The molecule has 0 aromatic carbocycles. The highest BCUT2D eigenvalue weighted by Crippen LogP contribution is 2.45. The summed E-state index contributed by atoms with van der Waals surface area (Å²) in [7, 11) is -9.89. The molecule has 5 atom stereocenters. The SMILES string of the molecule is CCCCCCCCCCCCCCCCCCCC(=O)O[C@H](COC(=O)CCCCCCCCCC(C)C)COP(=O)(O)OC[C@@H](O)COP(=O)(O)OC[C@@H](COC(=O)CCCCCCCCCCC)OC(=O)CCCCCCCCC(C)C. The molecule has 0 saturated carbocycles. The molecule has 0 bridgehead atoms. The van der Waals surface area contributed by atoms with Crippen LogP contribution in [0.4, 0.5) is 0 Å². The van der Waals surface area contributed by atoms with E-state index in [-0.39, 0.29) is 25.7 Å². The maximum Gasteiger partial charge on any atom is 0.472 e. The molecule has 0 aromatic heterocycles. The minimum absolute atomic E-state index is 0.102. The fraction of sp³-hybridized carbons (Fsp3) is 0.939. The Morgan fingerprint density at radius 3 is 0.800 bits per heavy atom. The number of carbonyl (C=O) groups excluding carboxylic acids is 4. The molecule has 0 aliphatic heterocycles. The maximum absolute atomic E-state index is 13.0. The standard InChI is InChI=1S/C66H128O17P2/c1-7-9-11-13-15-17-18-19-20-21-22-23-24-26-30-38-44-50-65(70)82-61(54-77-64(69)49-43-37-31-27-28-34-40-46-58(3)4)56-80-84(72,73)78-52-60(67)53-79-85(74,75)81-57-62(83-66(71)51-45-39-33-32-35-41-47-59(5)6)55-76-63(68)48-42-36-29-25-16-14-12-10-8-2/h58-62,67H,7-57H2,1-6H3,(H,72,73)(H,74,75)/t60-,61-,62-/m1/s1. The van der Waals surface area contributed by atoms with Crippen LogP contribution in [0.2, 0.25) is 0 Å². The molecule has 0 aliphatic rings. The van der Waals surface area contributed by atoms with Gasteiger partial charge in [0.25, 0.3) is 0 Å². The van der Waals surface area contributed by atoms with Crippen molar-refractivity contribution in [1.29, 1.82) is 0 Å². The molecule has 0 spiro atoms. The summed E-state index contributed by atoms with van der Waals surface area (Å²) in [5.74, 6) is -0.762. The smallest absolute Gasteiger partial charge is 0.462 e. The summed E-state index contributed by atoms with van der Waals surface area (Å²) in [6.45, 7) is 9.35. The monoisotopic (exact) mass is 1250 g/mol. The second-order valence-electron chi connectivity index (χ2n) is 24.8. The van der Waals surface area contributed by atoms with E-state index < -0.39 is 97.5 Å². The fourth-order valence-electron chi connectivity index (χ4n) is 9.88. The van der Waals surface area contributed by atoms with Gasteiger partial charge in [-0.2, -0.15) is 0 Å². The molecule has 0 saturated heterocycles. The van der Waals surface area contributed by atoms with Gasteiger partial charge in [-0.15, -0.1) is 0 Å². The van der Waals surface area contributed by atoms with Crippen LogP contribution in [-0.4, -0.2) is 96.7 Å². The number of hydrogen-bond acceptors (Lipinski definition) is 15. The number of hydrogen-bond donors (Lipinski definition) is 3. The molecule has 0 amide bonds. The van der Waals surface area contributed by atoms with E-state index in [2.05, 4.69) is 41.5 Å². The summed E-state index contributed by atoms with van der Waals surface area (Å²) in [6, 6.07) is 0. The second kappa shape index (κ2) is 58.4. The normalized spacial score (nSPS) is 14.2. The quantitative estimate of drug-likeness (QED) is 0.0222. The first-order chi connectivity index (χ1) is 40.9. The molecule has 0 fully saturated rings. The van der Waals surface area contributed by atoms with Crippen LogP contribution in [0.5, 0.6) is 0 Å². The molecule has 3 N–H and O–H groups in total. The Morgan fingerprint density at radius 2 is 0.541 bits per heavy atom. The van der Waals surface area contributed by atoms with E-state index in [1.54, 1.807) is 0 Å². The van der Waals surface area contributed by atoms with Crippen molar-refractivity contribution >= 4 is 39.5 Å². The van der Waals surface area contributed by atoms with Crippen LogP contribution in [0.25, 0.3) is 0 Å². The van der Waals surface area contributed by atoms with Crippen molar-refractivity contribution in [1.82, 2.24) is 0 Å². The first kappa shape index (κ1) is 83.1. The Morgan fingerprint density at radius 1 is 0.318 bits per heavy atom. The largest absolute Gasteiger partial charge is 0.472 e. The fourth-order valence-corrected chi connectivity index (χ4v) is 11.5. The summed E-state index contributed by atoms with van der Waals surface area (Å²) >= 11 is 0. The number of aliphatic hydroxyl groups excluding tert-OH is 1. The van der Waals surface area contributed by atoms with Gasteiger partial charge in [0.05, 0.1) is 26.4 Å². The number of ether oxygens (including phenoxy) is 4. The van der Waals surface area contributed by atoms with Crippen LogP contribution in [-0.2, 0) is 65.4 Å². The average molecular weight is 1260 g/mol. The van der Waals surface area contributed by atoms with Gasteiger partial charge in [-0.25, -0.2) is 9.13 Å². The second-order valence-corrected chi connectivity index (χ2v) is 27.7. The topological polar surface area (TPSA) is 237 Å². The van der Waals surface area contributed by atoms with Crippen molar-refractivity contribution in [2.75, 3.05) is 39.6 Å². The van der Waals surface area contributed by atoms with Gasteiger partial charge in [-0.3, -0.25) is 37.3 Å². The van der Waals surface area contributed by atoms with Gasteiger partial charge in [0, 0.05) is 25.7 Å². The molecule has 0 rings (SSSR count). The molecule has 0 aliphatic carbocycles. The van der Waals surface area contributed by atoms with E-state index in [1.807, 2.05) is 0 Å². The van der Waals surface area contributed by atoms with Crippen molar-refractivity contribution in [3.05, 3.63) is 0 Å². The highest BCUT2D eigenvalue weighted by atomic mass is 31.2. The zero-order valence-electron chi connectivity index (χ0n) is 54.9. The van der Waals surface area contributed by atoms with E-state index in [1.165, 1.54) is 141 Å². The Kier molecular flexibility index (Phi) is 57.1. The van der Waals surface area contributed by atoms with Crippen LogP contribution in [0.1, 0.15) is 330 Å². The molecule has 0 heterocycles. The van der Waals surface area contributed by atoms with Gasteiger partial charge in [0.15, 0.2) is 12.2 Å². The van der Waals surface area contributed by atoms with Crippen molar-refractivity contribution < 1.29 is 80.2 Å². The number of rotatable bonds is 65. The number of esters is 4. The molecule has 85 heavy (non-hydrogen) atoms. The van der Waals surface area contributed by atoms with Crippen LogP contribution in [0.3, 0.4) is 0 Å². The van der Waals surface area contributed by atoms with E-state index in [4.69, 9.17) is 37.0 Å². The number of unbranched alkanes of at least 4 members (excludes halogenated alkanes) is 35. The maximum atomic E-state index is 13.0. The highest BCUT2D eigenvalue weighted by molar-refractivity contribution is 7.47. The molecule has 19 heteroatoms. The predicted octanol–water partition coefficient (Wildman–Crippen LogP) is 18.4. The van der Waals surface area contributed by atoms with E-state index in [9.17, 15) is 43.2 Å². The lowest BCUT2D eigenvalue weighted by molar-refractivity contribution is -0.161. The van der Waals surface area contributed by atoms with E-state index in [0.717, 1.165) is 96.3 Å². The van der Waals surface area contributed by atoms with E-state index in [0.29, 0.717) is 37.5 Å². The lowest BCUT2D eigenvalue weighted by Crippen LogP contribution is -2.30.